The third-order valence-electron chi connectivity index (χ3n) is 8.12. The van der Waals surface area contributed by atoms with Crippen LogP contribution in [0.5, 0.6) is 23.0 Å². The molecule has 2 heterocycles. The molecule has 0 amide bonds. The molecule has 0 saturated carbocycles. The van der Waals surface area contributed by atoms with Gasteiger partial charge in [-0.2, -0.15) is 0 Å². The molecule has 0 radical (unpaired) electrons. The number of fused-ring (bicyclic) bond motifs is 2. The molecule has 53 heavy (non-hydrogen) atoms. The molecule has 0 atom stereocenters. The molecule has 11 heteroatoms. The van der Waals surface area contributed by atoms with Crippen LogP contribution in [0.25, 0.3) is 11.1 Å². The quantitative estimate of drug-likeness (QED) is 0.150. The van der Waals surface area contributed by atoms with Crippen molar-refractivity contribution in [2.45, 2.75) is 13.8 Å². The van der Waals surface area contributed by atoms with Crippen molar-refractivity contribution in [2.24, 2.45) is 0 Å². The maximum absolute atomic E-state index is 9.00. The van der Waals surface area contributed by atoms with Gasteiger partial charge < -0.3 is 29.2 Å². The molecule has 2 N–H and O–H groups in total. The van der Waals surface area contributed by atoms with E-state index >= 15 is 0 Å². The van der Waals surface area contributed by atoms with Crippen LogP contribution in [-0.4, -0.2) is 35.7 Å². The predicted molar refractivity (Wildman–Crippen MR) is 211 cm³/mol. The number of hydrogen-bond acceptors (Lipinski definition) is 6. The van der Waals surface area contributed by atoms with Crippen LogP contribution in [0.1, 0.15) is 13.8 Å². The van der Waals surface area contributed by atoms with E-state index in [1.54, 1.807) is 0 Å². The fourth-order valence-corrected chi connectivity index (χ4v) is 11.7. The first kappa shape index (κ1) is 39.2. The summed E-state index contributed by atoms with van der Waals surface area (Å²) in [5.41, 5.74) is 2.07. The summed E-state index contributed by atoms with van der Waals surface area (Å²) in [7, 11) is -2.96. The second kappa shape index (κ2) is 18.6. The number of hydrogen-bond donors (Lipinski definition) is 2. The summed E-state index contributed by atoms with van der Waals surface area (Å²) in [4.78, 5) is 18.0. The fraction of sp³-hybridized carbons (Fsp3) is 0.0952. The van der Waals surface area contributed by atoms with Crippen molar-refractivity contribution in [3.05, 3.63) is 146 Å². The Morgan fingerprint density at radius 2 is 0.717 bits per heavy atom. The Balaban J connectivity index is 0.000000550. The van der Waals surface area contributed by atoms with E-state index in [1.165, 1.54) is 31.8 Å². The third kappa shape index (κ3) is 9.31. The van der Waals surface area contributed by atoms with Gasteiger partial charge in [0.2, 0.25) is 13.6 Å². The van der Waals surface area contributed by atoms with Crippen molar-refractivity contribution < 1.29 is 58.2 Å². The second-order valence-electron chi connectivity index (χ2n) is 11.7. The van der Waals surface area contributed by atoms with E-state index in [0.717, 1.165) is 48.0 Å². The minimum absolute atomic E-state index is 0. The van der Waals surface area contributed by atoms with Gasteiger partial charge in [-0.1, -0.05) is 72.8 Å². The number of carboxylic acid groups (broad SMARTS) is 2. The Labute approximate surface area is 323 Å². The zero-order valence-corrected chi connectivity index (χ0v) is 32.7. The molecule has 0 spiro atoms. The molecule has 6 aromatic rings. The van der Waals surface area contributed by atoms with Gasteiger partial charge in [0.05, 0.1) is 27.0 Å². The first-order valence-corrected chi connectivity index (χ1v) is 19.5. The summed E-state index contributed by atoms with van der Waals surface area (Å²) in [5, 5.41) is 22.5. The van der Waals surface area contributed by atoms with E-state index in [2.05, 4.69) is 146 Å². The maximum Gasteiger partial charge on any atom is 0.300 e. The summed E-state index contributed by atoms with van der Waals surface area (Å²) < 4.78 is 24.8. The Hall–Kier alpha value is -5.06. The zero-order valence-electron chi connectivity index (χ0n) is 29.0. The second-order valence-corrected chi connectivity index (χ2v) is 16.6. The van der Waals surface area contributed by atoms with Gasteiger partial charge in [-0.05, 0) is 72.8 Å². The predicted octanol–water partition coefficient (Wildman–Crippen LogP) is 5.97. The fourth-order valence-electron chi connectivity index (χ4n) is 6.23. The van der Waals surface area contributed by atoms with Gasteiger partial charge in [-0.3, -0.25) is 9.59 Å². The number of carboxylic acids is 2. The van der Waals surface area contributed by atoms with Gasteiger partial charge in [0.15, 0.2) is 23.0 Å². The van der Waals surface area contributed by atoms with Gasteiger partial charge in [0.1, 0.15) is 31.8 Å². The minimum Gasteiger partial charge on any atom is -0.481 e. The first-order valence-electron chi connectivity index (χ1n) is 16.5. The van der Waals surface area contributed by atoms with E-state index in [9.17, 15) is 0 Å². The van der Waals surface area contributed by atoms with Crippen LogP contribution in [0.3, 0.4) is 0 Å². The van der Waals surface area contributed by atoms with Gasteiger partial charge in [-0.25, -0.2) is 0 Å². The van der Waals surface area contributed by atoms with E-state index in [4.69, 9.17) is 38.7 Å². The topological polar surface area (TPSA) is 112 Å². The monoisotopic (exact) mass is 834 g/mol. The van der Waals surface area contributed by atoms with Crippen LogP contribution in [0, 0.1) is 0 Å². The molecular weight excluding hydrogens is 795 g/mol. The number of aliphatic carboxylic acids is 2. The normalized spacial score (nSPS) is 11.8. The average molecular weight is 834 g/mol. The van der Waals surface area contributed by atoms with E-state index in [-0.39, 0.29) is 33.1 Å². The van der Waals surface area contributed by atoms with Crippen molar-refractivity contribution in [3.8, 4) is 34.1 Å². The molecule has 2 aliphatic rings. The first-order chi connectivity index (χ1) is 25.3. The Bertz CT molecular complexity index is 1890. The van der Waals surface area contributed by atoms with Crippen LogP contribution in [0.2, 0.25) is 0 Å². The number of benzene rings is 6. The SMILES string of the molecule is CC(=O)O.CC(=O)O.[Ru].c1ccc([PH+](c2ccccc2)c2ccc3c(c2-c2c([PH+](c4ccccc4)c4ccccc4)ccc4c2OCO4)OCO3)cc1. The number of carbonyl (C=O) groups is 2. The van der Waals surface area contributed by atoms with Crippen LogP contribution in [0.4, 0.5) is 0 Å². The van der Waals surface area contributed by atoms with Gasteiger partial charge >= 0.3 is 0 Å². The molecule has 0 bridgehead atoms. The largest absolute Gasteiger partial charge is 0.481 e. The molecule has 8 rings (SSSR count). The molecule has 0 aromatic heterocycles. The van der Waals surface area contributed by atoms with Crippen molar-refractivity contribution >= 4 is 59.6 Å². The molecule has 270 valence electrons. The summed E-state index contributed by atoms with van der Waals surface area (Å²) in [6.45, 7) is 2.53. The van der Waals surface area contributed by atoms with E-state index < -0.39 is 27.8 Å². The summed E-state index contributed by atoms with van der Waals surface area (Å²) in [5.74, 6) is 1.37. The molecule has 0 fully saturated rings. The minimum atomic E-state index is -1.48. The van der Waals surface area contributed by atoms with Crippen molar-refractivity contribution in [1.29, 1.82) is 0 Å². The van der Waals surface area contributed by atoms with Crippen LogP contribution >= 0.6 is 15.8 Å². The van der Waals surface area contributed by atoms with Crippen molar-refractivity contribution in [1.82, 2.24) is 0 Å². The molecule has 8 nitrogen and oxygen atoms in total. The Kier molecular flexibility index (Phi) is 13.8. The molecule has 0 aliphatic carbocycles. The standard InChI is InChI=1S/C38H28O4P2.2C2H4O2.Ru/c1-5-13-27(14-6-1)43(28-15-7-2-8-16-28)33-23-21-31-37(41-25-39-31)35(33)36-34(24-22-32-38(36)42-26-40-32)44(29-17-9-3-10-18-29)30-19-11-4-12-20-30;2*1-2(3)4;/h1-24H,25-26H2;2*1H3,(H,3,4);/p+2. The molecule has 0 unspecified atom stereocenters. The van der Waals surface area contributed by atoms with E-state index in [0.29, 0.717) is 0 Å². The number of rotatable bonds is 7. The Morgan fingerprint density at radius 1 is 0.453 bits per heavy atom. The van der Waals surface area contributed by atoms with Crippen LogP contribution in [0.15, 0.2) is 146 Å². The number of ether oxygens (including phenoxy) is 4. The average Bonchev–Trinajstić information content (AvgIpc) is 3.84. The van der Waals surface area contributed by atoms with Crippen LogP contribution in [-0.2, 0) is 29.1 Å². The zero-order chi connectivity index (χ0) is 36.5. The maximum atomic E-state index is 9.00. The van der Waals surface area contributed by atoms with Crippen LogP contribution < -0.4 is 50.8 Å². The summed E-state index contributed by atoms with van der Waals surface area (Å²) in [6, 6.07) is 51.9. The molecular formula is C42H38O8P2Ru+2. The van der Waals surface area contributed by atoms with Gasteiger partial charge in [-0.15, -0.1) is 0 Å². The van der Waals surface area contributed by atoms with Crippen molar-refractivity contribution in [3.63, 3.8) is 0 Å². The van der Waals surface area contributed by atoms with Crippen molar-refractivity contribution in [2.75, 3.05) is 13.6 Å². The molecule has 0 saturated heterocycles. The van der Waals surface area contributed by atoms with Gasteiger partial charge in [0, 0.05) is 33.3 Å². The Morgan fingerprint density at radius 3 is 0.981 bits per heavy atom. The molecule has 6 aromatic carbocycles. The summed E-state index contributed by atoms with van der Waals surface area (Å²) in [6.07, 6.45) is 0. The summed E-state index contributed by atoms with van der Waals surface area (Å²) >= 11 is 0. The molecule has 2 aliphatic heterocycles. The van der Waals surface area contributed by atoms with E-state index in [1.807, 2.05) is 0 Å². The van der Waals surface area contributed by atoms with Gasteiger partial charge in [0.25, 0.3) is 11.9 Å². The smallest absolute Gasteiger partial charge is 0.300 e. The third-order valence-corrected chi connectivity index (χ3v) is 13.7.